The largest absolute Gasteiger partial charge is 0.490 e. The Labute approximate surface area is 72.0 Å². The predicted molar refractivity (Wildman–Crippen MR) is 38.9 cm³/mol. The van der Waals surface area contributed by atoms with Crippen molar-refractivity contribution in [2.75, 3.05) is 0 Å². The van der Waals surface area contributed by atoms with E-state index in [1.54, 1.807) is 0 Å². The van der Waals surface area contributed by atoms with Crippen LogP contribution in [0.4, 0.5) is 5.95 Å². The molecule has 8 nitrogen and oxygen atoms in total. The van der Waals surface area contributed by atoms with Gasteiger partial charge in [0, 0.05) is 5.10 Å². The van der Waals surface area contributed by atoms with Gasteiger partial charge in [-0.05, 0) is 4.92 Å². The summed E-state index contributed by atoms with van der Waals surface area (Å²) >= 11 is 0. The van der Waals surface area contributed by atoms with Gasteiger partial charge in [0.25, 0.3) is 0 Å². The standard InChI is InChI=1S/C5H6N4O4/c10-4(11)1-2-8-3-6-5(7-8)9(12)13/h3H,1-2H2,(H,10,11). The molecule has 0 atom stereocenters. The second-order valence-electron chi connectivity index (χ2n) is 2.21. The summed E-state index contributed by atoms with van der Waals surface area (Å²) in [6.45, 7) is 0.0795. The van der Waals surface area contributed by atoms with Crippen LogP contribution < -0.4 is 0 Å². The van der Waals surface area contributed by atoms with Crippen LogP contribution in [-0.2, 0) is 11.3 Å². The molecule has 0 fully saturated rings. The second-order valence-corrected chi connectivity index (χ2v) is 2.21. The number of carboxylic acid groups (broad SMARTS) is 1. The molecule has 1 heterocycles. The van der Waals surface area contributed by atoms with E-state index in [1.807, 2.05) is 0 Å². The van der Waals surface area contributed by atoms with Gasteiger partial charge in [0.1, 0.15) is 0 Å². The van der Waals surface area contributed by atoms with Gasteiger partial charge < -0.3 is 15.2 Å². The molecule has 8 heteroatoms. The molecule has 0 aliphatic carbocycles. The number of hydrogen-bond donors (Lipinski definition) is 1. The van der Waals surface area contributed by atoms with Crippen LogP contribution in [-0.4, -0.2) is 30.8 Å². The summed E-state index contributed by atoms with van der Waals surface area (Å²) < 4.78 is 1.12. The van der Waals surface area contributed by atoms with Gasteiger partial charge in [0.05, 0.1) is 13.0 Å². The van der Waals surface area contributed by atoms with Crippen LogP contribution in [0.5, 0.6) is 0 Å². The van der Waals surface area contributed by atoms with Gasteiger partial charge in [-0.25, -0.2) is 0 Å². The molecule has 0 saturated heterocycles. The van der Waals surface area contributed by atoms with E-state index in [1.165, 1.54) is 0 Å². The smallest absolute Gasteiger partial charge is 0.481 e. The van der Waals surface area contributed by atoms with Crippen molar-refractivity contribution in [1.29, 1.82) is 0 Å². The number of aryl methyl sites for hydroxylation is 1. The fourth-order valence-corrected chi connectivity index (χ4v) is 0.686. The fourth-order valence-electron chi connectivity index (χ4n) is 0.686. The van der Waals surface area contributed by atoms with Crippen molar-refractivity contribution in [1.82, 2.24) is 14.8 Å². The molecule has 1 rings (SSSR count). The van der Waals surface area contributed by atoms with Gasteiger partial charge >= 0.3 is 11.9 Å². The minimum atomic E-state index is -0.988. The molecule has 0 unspecified atom stereocenters. The Morgan fingerprint density at radius 2 is 2.46 bits per heavy atom. The molecule has 13 heavy (non-hydrogen) atoms. The Kier molecular flexibility index (Phi) is 2.52. The number of aliphatic carboxylic acids is 1. The van der Waals surface area contributed by atoms with Crippen molar-refractivity contribution in [2.45, 2.75) is 13.0 Å². The second kappa shape index (κ2) is 3.61. The Morgan fingerprint density at radius 3 is 2.92 bits per heavy atom. The number of carbonyl (C=O) groups is 1. The normalized spacial score (nSPS) is 9.85. The van der Waals surface area contributed by atoms with E-state index in [0.717, 1.165) is 11.0 Å². The van der Waals surface area contributed by atoms with Crippen molar-refractivity contribution in [3.63, 3.8) is 0 Å². The third kappa shape index (κ3) is 2.51. The zero-order chi connectivity index (χ0) is 9.84. The maximum atomic E-state index is 10.1. The number of aromatic nitrogens is 3. The van der Waals surface area contributed by atoms with Gasteiger partial charge in [-0.3, -0.25) is 4.79 Å². The maximum absolute atomic E-state index is 10.1. The monoisotopic (exact) mass is 186 g/mol. The van der Waals surface area contributed by atoms with Crippen molar-refractivity contribution in [2.24, 2.45) is 0 Å². The molecule has 0 radical (unpaired) electrons. The summed E-state index contributed by atoms with van der Waals surface area (Å²) in [5.74, 6) is -1.51. The zero-order valence-corrected chi connectivity index (χ0v) is 6.45. The number of rotatable bonds is 4. The lowest BCUT2D eigenvalue weighted by Crippen LogP contribution is -2.05. The van der Waals surface area contributed by atoms with Crippen LogP contribution in [0, 0.1) is 10.1 Å². The maximum Gasteiger partial charge on any atom is 0.490 e. The van der Waals surface area contributed by atoms with Crippen LogP contribution in [0.1, 0.15) is 6.42 Å². The topological polar surface area (TPSA) is 111 Å². The Hall–Kier alpha value is -1.99. The number of carboxylic acids is 1. The van der Waals surface area contributed by atoms with E-state index in [2.05, 4.69) is 10.1 Å². The fraction of sp³-hybridized carbons (Fsp3) is 0.400. The average molecular weight is 186 g/mol. The molecule has 0 saturated carbocycles. The molecule has 0 aliphatic rings. The van der Waals surface area contributed by atoms with Crippen LogP contribution >= 0.6 is 0 Å². The van der Waals surface area contributed by atoms with Crippen LogP contribution in [0.3, 0.4) is 0 Å². The van der Waals surface area contributed by atoms with Gasteiger partial charge in [-0.2, -0.15) is 4.68 Å². The summed E-state index contributed by atoms with van der Waals surface area (Å²) in [5, 5.41) is 21.8. The molecule has 0 aliphatic heterocycles. The summed E-state index contributed by atoms with van der Waals surface area (Å²) in [6.07, 6.45) is 0.988. The highest BCUT2D eigenvalue weighted by atomic mass is 16.6. The molecular formula is C5H6N4O4. The Balaban J connectivity index is 2.59. The molecular weight excluding hydrogens is 180 g/mol. The van der Waals surface area contributed by atoms with Crippen molar-refractivity contribution >= 4 is 11.9 Å². The molecule has 70 valence electrons. The van der Waals surface area contributed by atoms with Crippen molar-refractivity contribution < 1.29 is 14.8 Å². The summed E-state index contributed by atoms with van der Waals surface area (Å²) in [7, 11) is 0. The van der Waals surface area contributed by atoms with E-state index in [9.17, 15) is 14.9 Å². The highest BCUT2D eigenvalue weighted by Gasteiger charge is 2.13. The summed E-state index contributed by atoms with van der Waals surface area (Å²) in [5.41, 5.74) is 0. The molecule has 0 bridgehead atoms. The van der Waals surface area contributed by atoms with Gasteiger partial charge in [-0.1, -0.05) is 4.98 Å². The average Bonchev–Trinajstić information content (AvgIpc) is 2.48. The van der Waals surface area contributed by atoms with E-state index in [-0.39, 0.29) is 13.0 Å². The molecule has 1 N–H and O–H groups in total. The molecule has 1 aromatic rings. The van der Waals surface area contributed by atoms with Crippen molar-refractivity contribution in [3.8, 4) is 0 Å². The van der Waals surface area contributed by atoms with Crippen LogP contribution in [0.15, 0.2) is 6.33 Å². The molecule has 0 amide bonds. The van der Waals surface area contributed by atoms with E-state index >= 15 is 0 Å². The number of nitrogens with zero attached hydrogens (tertiary/aromatic N) is 4. The van der Waals surface area contributed by atoms with Crippen LogP contribution in [0.2, 0.25) is 0 Å². The first-order valence-corrected chi connectivity index (χ1v) is 3.35. The highest BCUT2D eigenvalue weighted by molar-refractivity contribution is 5.66. The SMILES string of the molecule is O=C(O)CCn1cnc([N+](=O)[O-])n1. The first-order valence-electron chi connectivity index (χ1n) is 3.35. The molecule has 1 aromatic heterocycles. The Morgan fingerprint density at radius 1 is 1.77 bits per heavy atom. The predicted octanol–water partition coefficient (Wildman–Crippen LogP) is -0.339. The van der Waals surface area contributed by atoms with E-state index < -0.39 is 16.8 Å². The molecule has 0 spiro atoms. The minimum Gasteiger partial charge on any atom is -0.481 e. The Bertz CT molecular complexity index is 333. The first kappa shape index (κ1) is 9.10. The minimum absolute atomic E-state index is 0.0795. The van der Waals surface area contributed by atoms with Gasteiger partial charge in [-0.15, -0.1) is 0 Å². The number of nitro groups is 1. The first-order chi connectivity index (χ1) is 6.09. The summed E-state index contributed by atoms with van der Waals surface area (Å²) in [6, 6.07) is 0. The molecule has 0 aromatic carbocycles. The quantitative estimate of drug-likeness (QED) is 0.508. The lowest BCUT2D eigenvalue weighted by Gasteiger charge is -1.90. The lowest BCUT2D eigenvalue weighted by atomic mass is 10.4. The zero-order valence-electron chi connectivity index (χ0n) is 6.45. The van der Waals surface area contributed by atoms with E-state index in [0.29, 0.717) is 0 Å². The lowest BCUT2D eigenvalue weighted by molar-refractivity contribution is -0.394. The van der Waals surface area contributed by atoms with Gasteiger partial charge in [0.2, 0.25) is 6.33 Å². The third-order valence-corrected chi connectivity index (χ3v) is 1.24. The number of hydrogen-bond acceptors (Lipinski definition) is 5. The third-order valence-electron chi connectivity index (χ3n) is 1.24. The van der Waals surface area contributed by atoms with Crippen molar-refractivity contribution in [3.05, 3.63) is 16.4 Å². The van der Waals surface area contributed by atoms with E-state index in [4.69, 9.17) is 5.11 Å². The van der Waals surface area contributed by atoms with Gasteiger partial charge in [0.15, 0.2) is 0 Å². The highest BCUT2D eigenvalue weighted by Crippen LogP contribution is 1.99. The summed E-state index contributed by atoms with van der Waals surface area (Å²) in [4.78, 5) is 22.8. The van der Waals surface area contributed by atoms with Crippen LogP contribution in [0.25, 0.3) is 0 Å².